The molecule has 0 amide bonds. The van der Waals surface area contributed by atoms with E-state index in [4.69, 9.17) is 4.42 Å². The monoisotopic (exact) mass is 263 g/mol. The Bertz CT molecular complexity index is 356. The zero-order chi connectivity index (χ0) is 13.5. The van der Waals surface area contributed by atoms with Crippen molar-refractivity contribution < 1.29 is 4.42 Å². The fourth-order valence-electron chi connectivity index (χ4n) is 3.01. The SMILES string of the molecule is CC(C)CCCCCCNC1CCCc2occc21. The van der Waals surface area contributed by atoms with Gasteiger partial charge in [0.25, 0.3) is 0 Å². The van der Waals surface area contributed by atoms with Crippen LogP contribution in [0.25, 0.3) is 0 Å². The predicted octanol–water partition coefficient (Wildman–Crippen LogP) is 4.85. The van der Waals surface area contributed by atoms with E-state index in [0.717, 1.165) is 18.9 Å². The van der Waals surface area contributed by atoms with Gasteiger partial charge in [-0.05, 0) is 37.8 Å². The summed E-state index contributed by atoms with van der Waals surface area (Å²) < 4.78 is 5.53. The fourth-order valence-corrected chi connectivity index (χ4v) is 3.01. The molecule has 0 spiro atoms. The summed E-state index contributed by atoms with van der Waals surface area (Å²) in [6.45, 7) is 5.78. The third-order valence-corrected chi connectivity index (χ3v) is 4.15. The highest BCUT2D eigenvalue weighted by atomic mass is 16.3. The van der Waals surface area contributed by atoms with Crippen LogP contribution in [-0.4, -0.2) is 6.54 Å². The van der Waals surface area contributed by atoms with Crippen LogP contribution in [-0.2, 0) is 6.42 Å². The first-order chi connectivity index (χ1) is 9.27. The molecule has 1 unspecified atom stereocenters. The number of aryl methyl sites for hydroxylation is 1. The van der Waals surface area contributed by atoms with E-state index in [-0.39, 0.29) is 0 Å². The maximum absolute atomic E-state index is 5.53. The molecule has 0 saturated heterocycles. The summed E-state index contributed by atoms with van der Waals surface area (Å²) in [6.07, 6.45) is 12.3. The Hall–Kier alpha value is -0.760. The van der Waals surface area contributed by atoms with Crippen LogP contribution in [0.15, 0.2) is 16.7 Å². The highest BCUT2D eigenvalue weighted by molar-refractivity contribution is 5.23. The molecule has 0 radical (unpaired) electrons. The molecule has 1 aliphatic rings. The second-order valence-electron chi connectivity index (χ2n) is 6.29. The van der Waals surface area contributed by atoms with Gasteiger partial charge in [-0.25, -0.2) is 0 Å². The molecule has 1 N–H and O–H groups in total. The van der Waals surface area contributed by atoms with Crippen LogP contribution in [0.2, 0.25) is 0 Å². The Balaban J connectivity index is 1.57. The molecule has 0 aromatic carbocycles. The first kappa shape index (κ1) is 14.6. The molecule has 19 heavy (non-hydrogen) atoms. The normalized spacial score (nSPS) is 18.8. The first-order valence-corrected chi connectivity index (χ1v) is 8.07. The van der Waals surface area contributed by atoms with Gasteiger partial charge in [-0.1, -0.05) is 39.5 Å². The van der Waals surface area contributed by atoms with Gasteiger partial charge in [0, 0.05) is 18.0 Å². The first-order valence-electron chi connectivity index (χ1n) is 8.07. The molecular formula is C17H29NO. The number of unbranched alkanes of at least 4 members (excludes halogenated alkanes) is 3. The number of fused-ring (bicyclic) bond motifs is 1. The van der Waals surface area contributed by atoms with Gasteiger partial charge in [0.15, 0.2) is 0 Å². The quantitative estimate of drug-likeness (QED) is 0.678. The van der Waals surface area contributed by atoms with Crippen molar-refractivity contribution in [1.29, 1.82) is 0 Å². The Kier molecular flexibility index (Phi) is 5.96. The third-order valence-electron chi connectivity index (χ3n) is 4.15. The van der Waals surface area contributed by atoms with E-state index in [1.807, 2.05) is 6.26 Å². The summed E-state index contributed by atoms with van der Waals surface area (Å²) in [5.74, 6) is 2.07. The fraction of sp³-hybridized carbons (Fsp3) is 0.765. The van der Waals surface area contributed by atoms with Crippen molar-refractivity contribution in [2.24, 2.45) is 5.92 Å². The van der Waals surface area contributed by atoms with Crippen LogP contribution < -0.4 is 5.32 Å². The molecule has 1 atom stereocenters. The lowest BCUT2D eigenvalue weighted by Crippen LogP contribution is -2.25. The molecule has 0 bridgehead atoms. The van der Waals surface area contributed by atoms with Crippen LogP contribution in [0.1, 0.15) is 76.2 Å². The van der Waals surface area contributed by atoms with Crippen molar-refractivity contribution >= 4 is 0 Å². The van der Waals surface area contributed by atoms with Crippen LogP contribution in [0.5, 0.6) is 0 Å². The van der Waals surface area contributed by atoms with E-state index >= 15 is 0 Å². The van der Waals surface area contributed by atoms with Gasteiger partial charge >= 0.3 is 0 Å². The molecule has 1 aliphatic carbocycles. The Morgan fingerprint density at radius 3 is 2.95 bits per heavy atom. The molecule has 2 heteroatoms. The average molecular weight is 263 g/mol. The maximum atomic E-state index is 5.53. The molecule has 108 valence electrons. The van der Waals surface area contributed by atoms with Crippen molar-refractivity contribution in [1.82, 2.24) is 5.32 Å². The molecule has 2 nitrogen and oxygen atoms in total. The van der Waals surface area contributed by atoms with Gasteiger partial charge in [0.2, 0.25) is 0 Å². The van der Waals surface area contributed by atoms with E-state index in [0.29, 0.717) is 6.04 Å². The van der Waals surface area contributed by atoms with Crippen LogP contribution in [0.4, 0.5) is 0 Å². The summed E-state index contributed by atoms with van der Waals surface area (Å²) in [6, 6.07) is 2.69. The Morgan fingerprint density at radius 1 is 1.26 bits per heavy atom. The van der Waals surface area contributed by atoms with Gasteiger partial charge in [0.1, 0.15) is 5.76 Å². The van der Waals surface area contributed by atoms with Crippen LogP contribution >= 0.6 is 0 Å². The molecule has 0 aliphatic heterocycles. The minimum absolute atomic E-state index is 0.540. The van der Waals surface area contributed by atoms with E-state index in [2.05, 4.69) is 25.2 Å². The molecule has 1 aromatic heterocycles. The molecule has 1 aromatic rings. The zero-order valence-corrected chi connectivity index (χ0v) is 12.6. The largest absolute Gasteiger partial charge is 0.469 e. The number of furan rings is 1. The number of hydrogen-bond acceptors (Lipinski definition) is 2. The minimum Gasteiger partial charge on any atom is -0.469 e. The predicted molar refractivity (Wildman–Crippen MR) is 80.3 cm³/mol. The van der Waals surface area contributed by atoms with E-state index in [9.17, 15) is 0 Å². The highest BCUT2D eigenvalue weighted by Crippen LogP contribution is 2.30. The van der Waals surface area contributed by atoms with Gasteiger partial charge in [-0.15, -0.1) is 0 Å². The summed E-state index contributed by atoms with van der Waals surface area (Å²) >= 11 is 0. The number of rotatable bonds is 8. The van der Waals surface area contributed by atoms with Crippen molar-refractivity contribution in [3.8, 4) is 0 Å². The third kappa shape index (κ3) is 4.68. The van der Waals surface area contributed by atoms with Crippen molar-refractivity contribution in [3.05, 3.63) is 23.7 Å². The van der Waals surface area contributed by atoms with E-state index in [1.54, 1.807) is 0 Å². The summed E-state index contributed by atoms with van der Waals surface area (Å²) in [4.78, 5) is 0. The topological polar surface area (TPSA) is 25.2 Å². The second-order valence-corrected chi connectivity index (χ2v) is 6.29. The summed E-state index contributed by atoms with van der Waals surface area (Å²) in [5, 5.41) is 3.70. The van der Waals surface area contributed by atoms with Gasteiger partial charge in [-0.3, -0.25) is 0 Å². The standard InChI is InChI=1S/C17H29NO/c1-14(2)8-5-3-4-6-12-18-16-9-7-10-17-15(16)11-13-19-17/h11,13-14,16,18H,3-10,12H2,1-2H3. The number of nitrogens with one attached hydrogen (secondary N) is 1. The van der Waals surface area contributed by atoms with E-state index in [1.165, 1.54) is 56.3 Å². The molecule has 0 saturated carbocycles. The summed E-state index contributed by atoms with van der Waals surface area (Å²) in [5.41, 5.74) is 1.41. The molecule has 0 fully saturated rings. The van der Waals surface area contributed by atoms with Crippen LogP contribution in [0, 0.1) is 5.92 Å². The van der Waals surface area contributed by atoms with Crippen LogP contribution in [0.3, 0.4) is 0 Å². The minimum atomic E-state index is 0.540. The lowest BCUT2D eigenvalue weighted by atomic mass is 9.93. The van der Waals surface area contributed by atoms with Gasteiger partial charge in [0.05, 0.1) is 6.26 Å². The maximum Gasteiger partial charge on any atom is 0.108 e. The highest BCUT2D eigenvalue weighted by Gasteiger charge is 2.21. The van der Waals surface area contributed by atoms with Gasteiger partial charge in [-0.2, -0.15) is 0 Å². The molecule has 1 heterocycles. The molecular weight excluding hydrogens is 234 g/mol. The van der Waals surface area contributed by atoms with E-state index < -0.39 is 0 Å². The zero-order valence-electron chi connectivity index (χ0n) is 12.6. The average Bonchev–Trinajstić information content (AvgIpc) is 2.86. The van der Waals surface area contributed by atoms with Crippen molar-refractivity contribution in [3.63, 3.8) is 0 Å². The molecule has 2 rings (SSSR count). The van der Waals surface area contributed by atoms with Crippen molar-refractivity contribution in [2.45, 2.75) is 71.3 Å². The second kappa shape index (κ2) is 7.74. The lowest BCUT2D eigenvalue weighted by Gasteiger charge is -2.22. The lowest BCUT2D eigenvalue weighted by molar-refractivity contribution is 0.406. The summed E-state index contributed by atoms with van der Waals surface area (Å²) in [7, 11) is 0. The van der Waals surface area contributed by atoms with Crippen molar-refractivity contribution in [2.75, 3.05) is 6.54 Å². The number of hydrogen-bond donors (Lipinski definition) is 1. The Morgan fingerprint density at radius 2 is 2.11 bits per heavy atom. The van der Waals surface area contributed by atoms with Gasteiger partial charge < -0.3 is 9.73 Å². The smallest absolute Gasteiger partial charge is 0.108 e. The Labute approximate surface area is 118 Å².